The van der Waals surface area contributed by atoms with Gasteiger partial charge in [-0.05, 0) is 6.42 Å². The Balaban J connectivity index is 0. The molecule has 0 amide bonds. The first kappa shape index (κ1) is 22.5. The first-order valence-electron chi connectivity index (χ1n) is 4.61. The van der Waals surface area contributed by atoms with E-state index in [0.29, 0.717) is 0 Å². The highest BCUT2D eigenvalue weighted by molar-refractivity contribution is 7.86. The molecule has 0 spiro atoms. The molecule has 0 radical (unpaired) electrons. The highest BCUT2D eigenvalue weighted by Crippen LogP contribution is 2.50. The molecule has 0 aromatic carbocycles. The average Bonchev–Trinajstić information content (AvgIpc) is 2.12. The second-order valence-electron chi connectivity index (χ2n) is 3.72. The zero-order valence-corrected chi connectivity index (χ0v) is 11.0. The Labute approximate surface area is 112 Å². The van der Waals surface area contributed by atoms with Crippen molar-refractivity contribution >= 4 is 10.1 Å². The third-order valence-electron chi connectivity index (χ3n) is 2.09. The summed E-state index contributed by atoms with van der Waals surface area (Å²) in [7, 11) is -7.13. The summed E-state index contributed by atoms with van der Waals surface area (Å²) in [5.41, 5.74) is 0. The van der Waals surface area contributed by atoms with Gasteiger partial charge in [0.2, 0.25) is 0 Å². The van der Waals surface area contributed by atoms with E-state index in [1.54, 1.807) is 0 Å². The zero-order chi connectivity index (χ0) is 16.6. The molecule has 0 saturated carbocycles. The predicted octanol–water partition coefficient (Wildman–Crippen LogP) is 3.50. The molecule has 0 atom stereocenters. The summed E-state index contributed by atoms with van der Waals surface area (Å²) in [6.45, 7) is 0. The number of hydrogen-bond donors (Lipinski definition) is 1. The lowest BCUT2D eigenvalue weighted by molar-refractivity contribution is -0.284. The Morgan fingerprint density at radius 3 is 1.48 bits per heavy atom. The van der Waals surface area contributed by atoms with Crippen LogP contribution in [0.5, 0.6) is 0 Å². The van der Waals surface area contributed by atoms with Crippen LogP contribution in [0.1, 0.15) is 19.3 Å². The van der Waals surface area contributed by atoms with Gasteiger partial charge in [0.1, 0.15) is 0 Å². The molecule has 0 aliphatic heterocycles. The van der Waals surface area contributed by atoms with Crippen molar-refractivity contribution in [1.82, 2.24) is 6.15 Å². The standard InChI is InChI=1S/C7H7F9O3S.H3N/c8-4(9,2-1-3-5(10,11)12)6(13,14)7(15,16)20(17,18)19;/h1-3H2,(H,17,18,19);1H3. The summed E-state index contributed by atoms with van der Waals surface area (Å²) >= 11 is 0. The largest absolute Gasteiger partial charge is 0.743 e. The number of quaternary nitrogens is 1. The Morgan fingerprint density at radius 2 is 1.19 bits per heavy atom. The minimum Gasteiger partial charge on any atom is -0.743 e. The molecule has 0 saturated heterocycles. The van der Waals surface area contributed by atoms with Crippen molar-refractivity contribution in [2.75, 3.05) is 0 Å². The summed E-state index contributed by atoms with van der Waals surface area (Å²) in [5, 5.41) is -6.65. The van der Waals surface area contributed by atoms with E-state index in [0.717, 1.165) is 0 Å². The van der Waals surface area contributed by atoms with Gasteiger partial charge < -0.3 is 10.7 Å². The van der Waals surface area contributed by atoms with Crippen LogP contribution >= 0.6 is 0 Å². The molecule has 4 N–H and O–H groups in total. The van der Waals surface area contributed by atoms with Gasteiger partial charge in [-0.25, -0.2) is 8.42 Å². The fourth-order valence-corrected chi connectivity index (χ4v) is 1.50. The maximum atomic E-state index is 12.8. The highest BCUT2D eigenvalue weighted by atomic mass is 32.2. The summed E-state index contributed by atoms with van der Waals surface area (Å²) in [6, 6.07) is 0. The van der Waals surface area contributed by atoms with Crippen LogP contribution in [0.15, 0.2) is 0 Å². The topological polar surface area (TPSA) is 93.7 Å². The molecular formula is C7H10F9NO3S. The van der Waals surface area contributed by atoms with Crippen LogP contribution in [0.2, 0.25) is 0 Å². The molecule has 0 aliphatic rings. The Bertz CT molecular complexity index is 445. The Morgan fingerprint density at radius 1 is 0.810 bits per heavy atom. The first-order chi connectivity index (χ1) is 8.46. The monoisotopic (exact) mass is 359 g/mol. The summed E-state index contributed by atoms with van der Waals surface area (Å²) in [6.07, 6.45) is -11.0. The molecule has 0 rings (SSSR count). The molecule has 21 heavy (non-hydrogen) atoms. The molecule has 0 aromatic heterocycles. The summed E-state index contributed by atoms with van der Waals surface area (Å²) < 4.78 is 141. The molecule has 0 heterocycles. The van der Waals surface area contributed by atoms with Crippen molar-refractivity contribution in [1.29, 1.82) is 0 Å². The van der Waals surface area contributed by atoms with E-state index in [-0.39, 0.29) is 6.15 Å². The van der Waals surface area contributed by atoms with Crippen LogP contribution in [0, 0.1) is 0 Å². The van der Waals surface area contributed by atoms with Gasteiger partial charge in [0.15, 0.2) is 10.1 Å². The molecule has 0 fully saturated rings. The van der Waals surface area contributed by atoms with E-state index in [2.05, 4.69) is 0 Å². The van der Waals surface area contributed by atoms with E-state index in [9.17, 15) is 52.5 Å². The molecule has 0 bridgehead atoms. The summed E-state index contributed by atoms with van der Waals surface area (Å²) in [4.78, 5) is 0. The van der Waals surface area contributed by atoms with Crippen molar-refractivity contribution in [2.24, 2.45) is 0 Å². The molecule has 0 aromatic rings. The van der Waals surface area contributed by atoms with E-state index in [1.807, 2.05) is 0 Å². The second-order valence-corrected chi connectivity index (χ2v) is 5.14. The van der Waals surface area contributed by atoms with Crippen molar-refractivity contribution in [3.63, 3.8) is 0 Å². The zero-order valence-electron chi connectivity index (χ0n) is 10.2. The molecular weight excluding hydrogens is 349 g/mol. The van der Waals surface area contributed by atoms with Crippen LogP contribution in [0.25, 0.3) is 0 Å². The smallest absolute Gasteiger partial charge is 0.402 e. The highest BCUT2D eigenvalue weighted by Gasteiger charge is 2.74. The van der Waals surface area contributed by atoms with Crippen LogP contribution in [0.4, 0.5) is 39.5 Å². The van der Waals surface area contributed by atoms with Crippen LogP contribution in [-0.2, 0) is 10.1 Å². The van der Waals surface area contributed by atoms with E-state index in [1.165, 1.54) is 0 Å². The average molecular weight is 359 g/mol. The molecule has 0 unspecified atom stereocenters. The van der Waals surface area contributed by atoms with Crippen LogP contribution < -0.4 is 6.15 Å². The maximum absolute atomic E-state index is 12.8. The second kappa shape index (κ2) is 6.16. The van der Waals surface area contributed by atoms with Crippen LogP contribution in [0.3, 0.4) is 0 Å². The molecule has 14 heteroatoms. The quantitative estimate of drug-likeness (QED) is 0.581. The van der Waals surface area contributed by atoms with Crippen molar-refractivity contribution in [3.8, 4) is 0 Å². The number of hydrogen-bond acceptors (Lipinski definition) is 3. The minimum atomic E-state index is -7.13. The van der Waals surface area contributed by atoms with Gasteiger partial charge in [-0.2, -0.15) is 39.5 Å². The van der Waals surface area contributed by atoms with Gasteiger partial charge in [0.25, 0.3) is 0 Å². The summed E-state index contributed by atoms with van der Waals surface area (Å²) in [5.74, 6) is -12.4. The lowest BCUT2D eigenvalue weighted by atomic mass is 10.0. The van der Waals surface area contributed by atoms with Gasteiger partial charge >= 0.3 is 23.3 Å². The van der Waals surface area contributed by atoms with E-state index >= 15 is 0 Å². The van der Waals surface area contributed by atoms with Crippen molar-refractivity contribution in [2.45, 2.75) is 42.5 Å². The molecule has 130 valence electrons. The fraction of sp³-hybridized carbons (Fsp3) is 1.00. The molecule has 0 aliphatic carbocycles. The third kappa shape index (κ3) is 4.88. The normalized spacial score (nSPS) is 14.8. The van der Waals surface area contributed by atoms with Gasteiger partial charge in [0, 0.05) is 12.8 Å². The Hall–Kier alpha value is -0.760. The number of rotatable bonds is 6. The molecule has 4 nitrogen and oxygen atoms in total. The number of alkyl halides is 9. The fourth-order valence-electron chi connectivity index (χ4n) is 1.04. The van der Waals surface area contributed by atoms with Gasteiger partial charge in [-0.3, -0.25) is 0 Å². The van der Waals surface area contributed by atoms with E-state index in [4.69, 9.17) is 0 Å². The Kier molecular flexibility index (Phi) is 6.60. The van der Waals surface area contributed by atoms with E-state index < -0.39 is 52.7 Å². The number of halogens is 9. The van der Waals surface area contributed by atoms with Crippen molar-refractivity contribution < 1.29 is 52.5 Å². The van der Waals surface area contributed by atoms with Crippen molar-refractivity contribution in [3.05, 3.63) is 0 Å². The minimum absolute atomic E-state index is 0. The van der Waals surface area contributed by atoms with Gasteiger partial charge in [-0.1, -0.05) is 0 Å². The lowest BCUT2D eigenvalue weighted by Crippen LogP contribution is -2.57. The van der Waals surface area contributed by atoms with Gasteiger partial charge in [0.05, 0.1) is 0 Å². The third-order valence-corrected chi connectivity index (χ3v) is 2.97. The van der Waals surface area contributed by atoms with Gasteiger partial charge in [-0.15, -0.1) is 0 Å². The predicted molar refractivity (Wildman–Crippen MR) is 50.4 cm³/mol. The first-order valence-corrected chi connectivity index (χ1v) is 6.02. The SMILES string of the molecule is O=S(=O)([O-])C(F)(F)C(F)(F)C(F)(F)CCCC(F)(F)F.[NH4+]. The maximum Gasteiger partial charge on any atom is 0.402 e. The lowest BCUT2D eigenvalue weighted by Gasteiger charge is -2.33. The van der Waals surface area contributed by atoms with Crippen LogP contribution in [-0.4, -0.2) is 36.2 Å².